The third kappa shape index (κ3) is 2.07. The van der Waals surface area contributed by atoms with E-state index in [-0.39, 0.29) is 0 Å². The number of nitrogens with zero attached hydrogens (tertiary/aromatic N) is 4. The van der Waals surface area contributed by atoms with Gasteiger partial charge in [-0.05, 0) is 32.2 Å². The lowest BCUT2D eigenvalue weighted by atomic mass is 9.85. The van der Waals surface area contributed by atoms with E-state index < -0.39 is 0 Å². The van der Waals surface area contributed by atoms with Crippen molar-refractivity contribution in [3.63, 3.8) is 0 Å². The maximum atomic E-state index is 5.49. The average molecular weight is 251 g/mol. The lowest BCUT2D eigenvalue weighted by Crippen LogP contribution is -2.13. The molecule has 3 rings (SSSR count). The van der Waals surface area contributed by atoms with Gasteiger partial charge in [-0.1, -0.05) is 17.8 Å². The molecule has 1 saturated carbocycles. The predicted molar refractivity (Wildman–Crippen MR) is 67.2 cm³/mol. The van der Waals surface area contributed by atoms with Gasteiger partial charge in [0, 0.05) is 12.3 Å². The predicted octanol–water partition coefficient (Wildman–Crippen LogP) is 1.73. The molecule has 2 aromatic rings. The maximum absolute atomic E-state index is 5.49. The fourth-order valence-corrected chi connectivity index (χ4v) is 3.00. The molecule has 5 nitrogen and oxygen atoms in total. The molecule has 1 aliphatic carbocycles. The molecule has 2 aromatic heterocycles. The van der Waals surface area contributed by atoms with Crippen LogP contribution in [0.3, 0.4) is 0 Å². The summed E-state index contributed by atoms with van der Waals surface area (Å²) in [6.45, 7) is 0.761. The number of unbranched alkanes of at least 4 members (excludes halogenated alkanes) is 1. The molecule has 1 fully saturated rings. The Hall–Kier alpha value is -1.01. The second-order valence-corrected chi connectivity index (χ2v) is 5.66. The zero-order valence-corrected chi connectivity index (χ0v) is 10.6. The fraction of sp³-hybridized carbons (Fsp3) is 0.727. The van der Waals surface area contributed by atoms with Crippen molar-refractivity contribution >= 4 is 16.3 Å². The van der Waals surface area contributed by atoms with Crippen molar-refractivity contribution in [2.75, 3.05) is 6.54 Å². The molecule has 0 aromatic carbocycles. The van der Waals surface area contributed by atoms with Crippen molar-refractivity contribution in [1.82, 2.24) is 19.8 Å². The van der Waals surface area contributed by atoms with Gasteiger partial charge in [0.15, 0.2) is 5.82 Å². The molecule has 0 radical (unpaired) electrons. The van der Waals surface area contributed by atoms with Crippen LogP contribution in [0.2, 0.25) is 0 Å². The van der Waals surface area contributed by atoms with Crippen LogP contribution in [0.5, 0.6) is 0 Å². The second kappa shape index (κ2) is 4.70. The number of hydrogen-bond acceptors (Lipinski definition) is 5. The number of nitrogens with two attached hydrogens (primary N) is 1. The van der Waals surface area contributed by atoms with E-state index in [1.54, 1.807) is 11.3 Å². The largest absolute Gasteiger partial charge is 0.330 e. The van der Waals surface area contributed by atoms with E-state index in [0.29, 0.717) is 5.92 Å². The molecule has 0 unspecified atom stereocenters. The van der Waals surface area contributed by atoms with Crippen molar-refractivity contribution < 1.29 is 0 Å². The first kappa shape index (κ1) is 11.1. The third-order valence-electron chi connectivity index (χ3n) is 3.37. The van der Waals surface area contributed by atoms with Gasteiger partial charge in [0.05, 0.1) is 0 Å². The topological polar surface area (TPSA) is 69.1 Å². The van der Waals surface area contributed by atoms with Crippen LogP contribution in [0.25, 0.3) is 4.96 Å². The molecule has 17 heavy (non-hydrogen) atoms. The summed E-state index contributed by atoms with van der Waals surface area (Å²) in [5.41, 5.74) is 5.49. The molecule has 0 atom stereocenters. The molecule has 0 aliphatic heterocycles. The van der Waals surface area contributed by atoms with Crippen LogP contribution in [-0.2, 0) is 6.42 Å². The Bertz CT molecular complexity index is 499. The molecule has 0 bridgehead atoms. The summed E-state index contributed by atoms with van der Waals surface area (Å²) in [5, 5.41) is 14.2. The molecular weight excluding hydrogens is 234 g/mol. The Morgan fingerprint density at radius 2 is 2.18 bits per heavy atom. The van der Waals surface area contributed by atoms with Crippen molar-refractivity contribution in [1.29, 1.82) is 0 Å². The van der Waals surface area contributed by atoms with Crippen LogP contribution < -0.4 is 5.73 Å². The van der Waals surface area contributed by atoms with Crippen LogP contribution in [0, 0.1) is 0 Å². The summed E-state index contributed by atoms with van der Waals surface area (Å²) in [6.07, 6.45) is 6.97. The van der Waals surface area contributed by atoms with E-state index >= 15 is 0 Å². The summed E-state index contributed by atoms with van der Waals surface area (Å²) in [7, 11) is 0. The molecule has 1 aliphatic rings. The smallest absolute Gasteiger partial charge is 0.234 e. The molecule has 2 heterocycles. The zero-order valence-electron chi connectivity index (χ0n) is 9.80. The van der Waals surface area contributed by atoms with Gasteiger partial charge in [-0.3, -0.25) is 0 Å². The normalized spacial score (nSPS) is 16.5. The summed E-state index contributed by atoms with van der Waals surface area (Å²) < 4.78 is 1.95. The van der Waals surface area contributed by atoms with Gasteiger partial charge in [-0.2, -0.15) is 9.61 Å². The van der Waals surface area contributed by atoms with E-state index in [1.807, 2.05) is 4.52 Å². The third-order valence-corrected chi connectivity index (χ3v) is 4.33. The van der Waals surface area contributed by atoms with E-state index in [0.717, 1.165) is 41.6 Å². The highest BCUT2D eigenvalue weighted by Gasteiger charge is 2.26. The first-order valence-electron chi connectivity index (χ1n) is 6.29. The van der Waals surface area contributed by atoms with Gasteiger partial charge in [-0.25, -0.2) is 0 Å². The van der Waals surface area contributed by atoms with Crippen LogP contribution >= 0.6 is 11.3 Å². The highest BCUT2D eigenvalue weighted by atomic mass is 32.1. The van der Waals surface area contributed by atoms with Crippen LogP contribution in [-0.4, -0.2) is 26.4 Å². The Balaban J connectivity index is 1.78. The van der Waals surface area contributed by atoms with Gasteiger partial charge < -0.3 is 5.73 Å². The Morgan fingerprint density at radius 3 is 2.88 bits per heavy atom. The minimum atomic E-state index is 0.587. The molecule has 0 saturated heterocycles. The van der Waals surface area contributed by atoms with Gasteiger partial charge in [0.1, 0.15) is 5.01 Å². The van der Waals surface area contributed by atoms with E-state index in [1.165, 1.54) is 19.3 Å². The Morgan fingerprint density at radius 1 is 1.29 bits per heavy atom. The summed E-state index contributed by atoms with van der Waals surface area (Å²) >= 11 is 1.66. The molecule has 6 heteroatoms. The van der Waals surface area contributed by atoms with Crippen LogP contribution in [0.15, 0.2) is 0 Å². The molecule has 0 amide bonds. The van der Waals surface area contributed by atoms with Gasteiger partial charge in [0.25, 0.3) is 0 Å². The number of fused-ring (bicyclic) bond motifs is 1. The van der Waals surface area contributed by atoms with E-state index in [9.17, 15) is 0 Å². The Kier molecular flexibility index (Phi) is 3.07. The number of rotatable bonds is 5. The van der Waals surface area contributed by atoms with Crippen molar-refractivity contribution in [3.8, 4) is 0 Å². The quantitative estimate of drug-likeness (QED) is 0.822. The first-order valence-corrected chi connectivity index (χ1v) is 7.11. The first-order chi connectivity index (χ1) is 8.38. The van der Waals surface area contributed by atoms with Gasteiger partial charge in [-0.15, -0.1) is 10.2 Å². The Labute approximate surface area is 104 Å². The fourth-order valence-electron chi connectivity index (χ4n) is 2.11. The van der Waals surface area contributed by atoms with E-state index in [2.05, 4.69) is 15.3 Å². The van der Waals surface area contributed by atoms with Crippen molar-refractivity contribution in [2.24, 2.45) is 5.73 Å². The van der Waals surface area contributed by atoms with E-state index in [4.69, 9.17) is 5.73 Å². The van der Waals surface area contributed by atoms with Gasteiger partial charge >= 0.3 is 0 Å². The monoisotopic (exact) mass is 251 g/mol. The van der Waals surface area contributed by atoms with Crippen LogP contribution in [0.1, 0.15) is 48.9 Å². The molecule has 2 N–H and O–H groups in total. The molecule has 0 spiro atoms. The number of aromatic nitrogens is 4. The number of aryl methyl sites for hydroxylation is 1. The van der Waals surface area contributed by atoms with Gasteiger partial charge in [0.2, 0.25) is 4.96 Å². The van der Waals surface area contributed by atoms with Crippen molar-refractivity contribution in [2.45, 2.75) is 44.4 Å². The zero-order chi connectivity index (χ0) is 11.7. The van der Waals surface area contributed by atoms with Crippen LogP contribution in [0.4, 0.5) is 0 Å². The van der Waals surface area contributed by atoms with Crippen molar-refractivity contribution in [3.05, 3.63) is 10.8 Å². The summed E-state index contributed by atoms with van der Waals surface area (Å²) in [6, 6.07) is 0. The SMILES string of the molecule is NCCCCc1nn2c(C3CCC3)nnc2s1. The summed E-state index contributed by atoms with van der Waals surface area (Å²) in [5.74, 6) is 1.65. The molecular formula is C11H17N5S. The maximum Gasteiger partial charge on any atom is 0.234 e. The minimum Gasteiger partial charge on any atom is -0.330 e. The lowest BCUT2D eigenvalue weighted by molar-refractivity contribution is 0.395. The standard InChI is InChI=1S/C11H17N5S/c12-7-2-1-6-9-15-16-10(8-4-3-5-8)13-14-11(16)17-9/h8H,1-7,12H2. The number of hydrogen-bond donors (Lipinski definition) is 1. The highest BCUT2D eigenvalue weighted by molar-refractivity contribution is 7.16. The molecule has 92 valence electrons. The average Bonchev–Trinajstić information content (AvgIpc) is 2.78. The second-order valence-electron chi connectivity index (χ2n) is 4.62. The lowest BCUT2D eigenvalue weighted by Gasteiger charge is -2.22. The highest BCUT2D eigenvalue weighted by Crippen LogP contribution is 2.35. The minimum absolute atomic E-state index is 0.587. The summed E-state index contributed by atoms with van der Waals surface area (Å²) in [4.78, 5) is 0.939.